The van der Waals surface area contributed by atoms with Crippen molar-refractivity contribution < 1.29 is 17.9 Å². The normalized spacial score (nSPS) is 20.8. The van der Waals surface area contributed by atoms with Gasteiger partial charge in [0.2, 0.25) is 0 Å². The van der Waals surface area contributed by atoms with Crippen molar-refractivity contribution in [2.45, 2.75) is 38.9 Å². The van der Waals surface area contributed by atoms with Crippen LogP contribution in [0.1, 0.15) is 35.8 Å². The van der Waals surface area contributed by atoms with Crippen LogP contribution in [0.4, 0.5) is 13.2 Å². The van der Waals surface area contributed by atoms with E-state index in [-0.39, 0.29) is 12.6 Å². The number of aryl methyl sites for hydroxylation is 2. The highest BCUT2D eigenvalue weighted by Gasteiger charge is 2.30. The lowest BCUT2D eigenvalue weighted by Crippen LogP contribution is -2.29. The standard InChI is InChI=1S/C13H20F3N3O/c1-9-12(10(2)18-17-9)11-4-3-5-19(11)6-7-20-8-13(14,15)16/h11H,3-8H2,1-2H3,(H,17,18). The van der Waals surface area contributed by atoms with Crippen LogP contribution < -0.4 is 0 Å². The van der Waals surface area contributed by atoms with Crippen molar-refractivity contribution in [3.63, 3.8) is 0 Å². The van der Waals surface area contributed by atoms with Crippen LogP contribution in [0.5, 0.6) is 0 Å². The van der Waals surface area contributed by atoms with Gasteiger partial charge >= 0.3 is 6.18 Å². The van der Waals surface area contributed by atoms with Crippen LogP contribution in [0.25, 0.3) is 0 Å². The Hall–Kier alpha value is -1.08. The molecule has 1 atom stereocenters. The molecule has 20 heavy (non-hydrogen) atoms. The number of H-pyrrole nitrogens is 1. The van der Waals surface area contributed by atoms with Crippen LogP contribution >= 0.6 is 0 Å². The average Bonchev–Trinajstić information content (AvgIpc) is 2.91. The molecule has 1 saturated heterocycles. The second-order valence-corrected chi connectivity index (χ2v) is 5.21. The number of nitrogens with one attached hydrogen (secondary N) is 1. The highest BCUT2D eigenvalue weighted by Crippen LogP contribution is 2.34. The third-order valence-corrected chi connectivity index (χ3v) is 3.67. The lowest BCUT2D eigenvalue weighted by Gasteiger charge is -2.25. The minimum atomic E-state index is -4.25. The summed E-state index contributed by atoms with van der Waals surface area (Å²) in [6.07, 6.45) is -2.18. The summed E-state index contributed by atoms with van der Waals surface area (Å²) >= 11 is 0. The summed E-state index contributed by atoms with van der Waals surface area (Å²) in [6, 6.07) is 0.239. The van der Waals surface area contributed by atoms with Gasteiger partial charge in [-0.05, 0) is 33.2 Å². The molecule has 114 valence electrons. The van der Waals surface area contributed by atoms with E-state index in [0.717, 1.165) is 30.8 Å². The van der Waals surface area contributed by atoms with Crippen molar-refractivity contribution in [1.82, 2.24) is 15.1 Å². The predicted octanol–water partition coefficient (Wildman–Crippen LogP) is 2.74. The molecule has 1 fully saturated rings. The zero-order valence-electron chi connectivity index (χ0n) is 11.8. The van der Waals surface area contributed by atoms with Crippen molar-refractivity contribution in [2.24, 2.45) is 0 Å². The van der Waals surface area contributed by atoms with Crippen LogP contribution in [0.3, 0.4) is 0 Å². The number of likely N-dealkylation sites (tertiary alicyclic amines) is 1. The maximum atomic E-state index is 12.0. The van der Waals surface area contributed by atoms with Crippen molar-refractivity contribution in [3.8, 4) is 0 Å². The Morgan fingerprint density at radius 2 is 2.15 bits per heavy atom. The first-order valence-electron chi connectivity index (χ1n) is 6.78. The van der Waals surface area contributed by atoms with Gasteiger partial charge < -0.3 is 4.74 Å². The molecule has 2 rings (SSSR count). The maximum absolute atomic E-state index is 12.0. The molecule has 0 saturated carbocycles. The number of ether oxygens (including phenoxy) is 1. The molecular formula is C13H20F3N3O. The Morgan fingerprint density at radius 3 is 2.75 bits per heavy atom. The first kappa shape index (κ1) is 15.3. The van der Waals surface area contributed by atoms with E-state index in [1.807, 2.05) is 13.8 Å². The topological polar surface area (TPSA) is 41.2 Å². The fourth-order valence-corrected chi connectivity index (χ4v) is 2.84. The molecule has 0 spiro atoms. The van der Waals surface area contributed by atoms with Gasteiger partial charge in [0.15, 0.2) is 0 Å². The van der Waals surface area contributed by atoms with Crippen LogP contribution in [0, 0.1) is 13.8 Å². The SMILES string of the molecule is Cc1n[nH]c(C)c1C1CCCN1CCOCC(F)(F)F. The Kier molecular flexibility index (Phi) is 4.70. The molecule has 1 N–H and O–H groups in total. The first-order valence-corrected chi connectivity index (χ1v) is 6.78. The molecule has 0 radical (unpaired) electrons. The van der Waals surface area contributed by atoms with E-state index in [4.69, 9.17) is 4.74 Å². The molecule has 0 aliphatic carbocycles. The summed E-state index contributed by atoms with van der Waals surface area (Å²) in [5.74, 6) is 0. The summed E-state index contributed by atoms with van der Waals surface area (Å²) in [5, 5.41) is 7.16. The number of aromatic nitrogens is 2. The molecule has 0 aromatic carbocycles. The molecule has 2 heterocycles. The van der Waals surface area contributed by atoms with Gasteiger partial charge in [-0.3, -0.25) is 10.00 Å². The number of alkyl halides is 3. The summed E-state index contributed by atoms with van der Waals surface area (Å²) in [7, 11) is 0. The number of hydrogen-bond donors (Lipinski definition) is 1. The van der Waals surface area contributed by atoms with Gasteiger partial charge in [-0.1, -0.05) is 0 Å². The second kappa shape index (κ2) is 6.13. The number of rotatable bonds is 5. The van der Waals surface area contributed by atoms with Crippen molar-refractivity contribution in [1.29, 1.82) is 0 Å². The van der Waals surface area contributed by atoms with E-state index in [1.165, 1.54) is 5.56 Å². The number of hydrogen-bond acceptors (Lipinski definition) is 3. The number of halogens is 3. The highest BCUT2D eigenvalue weighted by molar-refractivity contribution is 5.28. The summed E-state index contributed by atoms with van der Waals surface area (Å²) in [5.41, 5.74) is 3.18. The van der Waals surface area contributed by atoms with E-state index >= 15 is 0 Å². The fraction of sp³-hybridized carbons (Fsp3) is 0.769. The molecule has 1 aliphatic heterocycles. The van der Waals surface area contributed by atoms with E-state index in [9.17, 15) is 13.2 Å². The van der Waals surface area contributed by atoms with Gasteiger partial charge in [-0.2, -0.15) is 18.3 Å². The van der Waals surface area contributed by atoms with Gasteiger partial charge in [0, 0.05) is 23.8 Å². The van der Waals surface area contributed by atoms with Gasteiger partial charge in [-0.15, -0.1) is 0 Å². The Balaban J connectivity index is 1.89. The van der Waals surface area contributed by atoms with Crippen molar-refractivity contribution in [3.05, 3.63) is 17.0 Å². The molecule has 1 aromatic rings. The highest BCUT2D eigenvalue weighted by atomic mass is 19.4. The van der Waals surface area contributed by atoms with Gasteiger partial charge in [0.25, 0.3) is 0 Å². The lowest BCUT2D eigenvalue weighted by atomic mass is 10.0. The minimum absolute atomic E-state index is 0.103. The monoisotopic (exact) mass is 291 g/mol. The zero-order chi connectivity index (χ0) is 14.8. The molecule has 4 nitrogen and oxygen atoms in total. The van der Waals surface area contributed by atoms with Gasteiger partial charge in [0.05, 0.1) is 12.3 Å². The molecule has 0 bridgehead atoms. The van der Waals surface area contributed by atoms with Crippen LogP contribution in [-0.2, 0) is 4.74 Å². The van der Waals surface area contributed by atoms with Gasteiger partial charge in [-0.25, -0.2) is 0 Å². The summed E-state index contributed by atoms with van der Waals surface area (Å²) in [4.78, 5) is 2.18. The average molecular weight is 291 g/mol. The molecule has 1 unspecified atom stereocenters. The van der Waals surface area contributed by atoms with Gasteiger partial charge in [0.1, 0.15) is 6.61 Å². The largest absolute Gasteiger partial charge is 0.411 e. The summed E-state index contributed by atoms with van der Waals surface area (Å²) in [6.45, 7) is 4.28. The molecular weight excluding hydrogens is 271 g/mol. The third-order valence-electron chi connectivity index (χ3n) is 3.67. The van der Waals surface area contributed by atoms with Crippen LogP contribution in [0.15, 0.2) is 0 Å². The third kappa shape index (κ3) is 3.73. The van der Waals surface area contributed by atoms with E-state index < -0.39 is 12.8 Å². The smallest absolute Gasteiger partial charge is 0.371 e. The van der Waals surface area contributed by atoms with E-state index in [1.54, 1.807) is 0 Å². The Labute approximate surface area is 116 Å². The van der Waals surface area contributed by atoms with E-state index in [0.29, 0.717) is 6.54 Å². The second-order valence-electron chi connectivity index (χ2n) is 5.21. The van der Waals surface area contributed by atoms with Crippen LogP contribution in [0.2, 0.25) is 0 Å². The quantitative estimate of drug-likeness (QED) is 0.848. The number of nitrogens with zero attached hydrogens (tertiary/aromatic N) is 2. The van der Waals surface area contributed by atoms with Crippen LogP contribution in [-0.4, -0.2) is 47.6 Å². The molecule has 1 aromatic heterocycles. The molecule has 0 amide bonds. The summed E-state index contributed by atoms with van der Waals surface area (Å²) < 4.78 is 40.7. The van der Waals surface area contributed by atoms with Crippen molar-refractivity contribution >= 4 is 0 Å². The molecule has 7 heteroatoms. The van der Waals surface area contributed by atoms with Crippen molar-refractivity contribution in [2.75, 3.05) is 26.3 Å². The lowest BCUT2D eigenvalue weighted by molar-refractivity contribution is -0.174. The maximum Gasteiger partial charge on any atom is 0.411 e. The minimum Gasteiger partial charge on any atom is -0.371 e. The number of aromatic amines is 1. The van der Waals surface area contributed by atoms with E-state index in [2.05, 4.69) is 15.1 Å². The predicted molar refractivity (Wildman–Crippen MR) is 68.5 cm³/mol. The first-order chi connectivity index (χ1) is 9.38. The Morgan fingerprint density at radius 1 is 1.40 bits per heavy atom. The zero-order valence-corrected chi connectivity index (χ0v) is 11.8. The molecule has 1 aliphatic rings. The fourth-order valence-electron chi connectivity index (χ4n) is 2.84. The Bertz CT molecular complexity index is 425.